The lowest BCUT2D eigenvalue weighted by molar-refractivity contribution is -0.274. The molecule has 0 aliphatic carbocycles. The highest BCUT2D eigenvalue weighted by Gasteiger charge is 2.32. The van der Waals surface area contributed by atoms with E-state index in [0.717, 1.165) is 11.1 Å². The van der Waals surface area contributed by atoms with Crippen LogP contribution in [0.2, 0.25) is 0 Å². The maximum absolute atomic E-state index is 12.2. The second kappa shape index (κ2) is 4.82. The number of hydrogen-bond acceptors (Lipinski definition) is 4. The molecule has 0 aromatic heterocycles. The number of rotatable bonds is 1. The summed E-state index contributed by atoms with van der Waals surface area (Å²) in [7, 11) is 0. The first kappa shape index (κ1) is 13.5. The molecule has 2 heterocycles. The molecule has 0 radical (unpaired) electrons. The lowest BCUT2D eigenvalue weighted by Crippen LogP contribution is -2.23. The third-order valence-corrected chi connectivity index (χ3v) is 4.29. The number of fused-ring (bicyclic) bond motifs is 1. The third-order valence-electron chi connectivity index (χ3n) is 2.97. The predicted molar refractivity (Wildman–Crippen MR) is 65.5 cm³/mol. The zero-order valence-corrected chi connectivity index (χ0v) is 10.9. The normalized spacial score (nSPS) is 18.6. The summed E-state index contributed by atoms with van der Waals surface area (Å²) in [5, 5.41) is 0. The number of alkyl halides is 3. The molecule has 2 aliphatic rings. The van der Waals surface area contributed by atoms with Gasteiger partial charge in [0.25, 0.3) is 0 Å². The van der Waals surface area contributed by atoms with Crippen molar-refractivity contribution in [2.24, 2.45) is 0 Å². The molecule has 1 aromatic rings. The van der Waals surface area contributed by atoms with E-state index < -0.39 is 6.36 Å². The zero-order valence-electron chi connectivity index (χ0n) is 10.1. The Hall–Kier alpha value is -1.47. The average molecular weight is 302 g/mol. The molecule has 106 valence electrons. The maximum Gasteiger partial charge on any atom is 0.573 e. The Bertz CT molecular complexity index is 607. The molecule has 0 atom stereocenters. The lowest BCUT2D eigenvalue weighted by Gasteiger charge is -2.25. The SMILES string of the molecule is O=C1COCC2=C1Sc1cc(OC(F)(F)F)ccc1C2. The van der Waals surface area contributed by atoms with Crippen LogP contribution in [0.25, 0.3) is 0 Å². The Balaban J connectivity index is 1.89. The van der Waals surface area contributed by atoms with E-state index in [1.807, 2.05) is 0 Å². The molecule has 0 N–H and O–H groups in total. The second-order valence-corrected chi connectivity index (χ2v) is 5.50. The van der Waals surface area contributed by atoms with Gasteiger partial charge < -0.3 is 9.47 Å². The highest BCUT2D eigenvalue weighted by atomic mass is 32.2. The van der Waals surface area contributed by atoms with Gasteiger partial charge in [0.15, 0.2) is 5.78 Å². The molecule has 0 saturated heterocycles. The number of carbonyl (C=O) groups is 1. The average Bonchev–Trinajstić information content (AvgIpc) is 2.35. The van der Waals surface area contributed by atoms with E-state index in [0.29, 0.717) is 22.8 Å². The van der Waals surface area contributed by atoms with Crippen LogP contribution in [0.4, 0.5) is 13.2 Å². The van der Waals surface area contributed by atoms with Crippen molar-refractivity contribution in [1.29, 1.82) is 0 Å². The molecule has 7 heteroatoms. The lowest BCUT2D eigenvalue weighted by atomic mass is 10.0. The van der Waals surface area contributed by atoms with Gasteiger partial charge in [0, 0.05) is 4.90 Å². The van der Waals surface area contributed by atoms with Crippen molar-refractivity contribution in [2.45, 2.75) is 17.7 Å². The van der Waals surface area contributed by atoms with Crippen LogP contribution < -0.4 is 4.74 Å². The predicted octanol–water partition coefficient (Wildman–Crippen LogP) is 3.09. The minimum absolute atomic E-state index is 0.0277. The number of ketones is 1. The van der Waals surface area contributed by atoms with E-state index in [1.54, 1.807) is 6.07 Å². The summed E-state index contributed by atoms with van der Waals surface area (Å²) in [5.74, 6) is -0.392. The van der Waals surface area contributed by atoms with Crippen LogP contribution in [0.1, 0.15) is 5.56 Å². The van der Waals surface area contributed by atoms with Crippen molar-refractivity contribution in [3.8, 4) is 5.75 Å². The van der Waals surface area contributed by atoms with Crippen LogP contribution in [0.3, 0.4) is 0 Å². The molecule has 1 aromatic carbocycles. The number of halogens is 3. The summed E-state index contributed by atoms with van der Waals surface area (Å²) < 4.78 is 45.6. The second-order valence-electron chi connectivity index (χ2n) is 4.44. The molecule has 3 nitrogen and oxygen atoms in total. The number of ether oxygens (including phenoxy) is 2. The van der Waals surface area contributed by atoms with E-state index in [1.165, 1.54) is 23.9 Å². The maximum atomic E-state index is 12.2. The summed E-state index contributed by atoms with van der Waals surface area (Å²) in [6.07, 6.45) is -4.19. The fraction of sp³-hybridized carbons (Fsp3) is 0.308. The smallest absolute Gasteiger partial charge is 0.406 e. The van der Waals surface area contributed by atoms with Gasteiger partial charge in [-0.3, -0.25) is 4.79 Å². The van der Waals surface area contributed by atoms with Crippen molar-refractivity contribution in [3.63, 3.8) is 0 Å². The van der Waals surface area contributed by atoms with E-state index in [4.69, 9.17) is 4.74 Å². The first-order valence-corrected chi connectivity index (χ1v) is 6.63. The molecule has 0 saturated carbocycles. The van der Waals surface area contributed by atoms with E-state index in [9.17, 15) is 18.0 Å². The number of benzene rings is 1. The van der Waals surface area contributed by atoms with Crippen molar-refractivity contribution >= 4 is 17.5 Å². The molecule has 0 spiro atoms. The van der Waals surface area contributed by atoms with Crippen LogP contribution in [0.15, 0.2) is 33.6 Å². The first-order valence-electron chi connectivity index (χ1n) is 5.82. The number of carbonyl (C=O) groups excluding carboxylic acids is 1. The highest BCUT2D eigenvalue weighted by Crippen LogP contribution is 2.42. The van der Waals surface area contributed by atoms with Crippen molar-refractivity contribution in [1.82, 2.24) is 0 Å². The Morgan fingerprint density at radius 1 is 1.25 bits per heavy atom. The minimum Gasteiger partial charge on any atom is -0.406 e. The third kappa shape index (κ3) is 2.69. The molecule has 3 rings (SSSR count). The molecule has 20 heavy (non-hydrogen) atoms. The molecular formula is C13H9F3O3S. The van der Waals surface area contributed by atoms with Crippen LogP contribution in [0.5, 0.6) is 5.75 Å². The molecule has 0 unspecified atom stereocenters. The van der Waals surface area contributed by atoms with E-state index in [2.05, 4.69) is 4.74 Å². The van der Waals surface area contributed by atoms with Gasteiger partial charge in [-0.25, -0.2) is 0 Å². The van der Waals surface area contributed by atoms with Crippen molar-refractivity contribution in [3.05, 3.63) is 34.2 Å². The van der Waals surface area contributed by atoms with Gasteiger partial charge in [0.2, 0.25) is 0 Å². The van der Waals surface area contributed by atoms with Gasteiger partial charge >= 0.3 is 6.36 Å². The Morgan fingerprint density at radius 3 is 2.80 bits per heavy atom. The minimum atomic E-state index is -4.72. The van der Waals surface area contributed by atoms with Crippen LogP contribution in [0, 0.1) is 0 Å². The molecule has 2 aliphatic heterocycles. The van der Waals surface area contributed by atoms with Gasteiger partial charge in [-0.1, -0.05) is 17.8 Å². The number of thioether (sulfide) groups is 1. The van der Waals surface area contributed by atoms with Gasteiger partial charge in [-0.15, -0.1) is 13.2 Å². The summed E-state index contributed by atoms with van der Waals surface area (Å²) in [6.45, 7) is 0.425. The van der Waals surface area contributed by atoms with Gasteiger partial charge in [0.05, 0.1) is 11.5 Å². The van der Waals surface area contributed by atoms with E-state index in [-0.39, 0.29) is 18.1 Å². The van der Waals surface area contributed by atoms with Crippen LogP contribution >= 0.6 is 11.8 Å². The van der Waals surface area contributed by atoms with Gasteiger partial charge in [-0.05, 0) is 29.7 Å². The topological polar surface area (TPSA) is 35.5 Å². The van der Waals surface area contributed by atoms with Crippen LogP contribution in [-0.2, 0) is 16.0 Å². The monoisotopic (exact) mass is 302 g/mol. The molecule has 0 fully saturated rings. The quantitative estimate of drug-likeness (QED) is 0.798. The fourth-order valence-electron chi connectivity index (χ4n) is 2.17. The van der Waals surface area contributed by atoms with Gasteiger partial charge in [0.1, 0.15) is 12.4 Å². The number of Topliss-reactive ketones (excluding diaryl/α,β-unsaturated/α-hetero) is 1. The standard InChI is InChI=1S/C13H9F3O3S/c14-13(15,16)19-9-2-1-7-3-8-5-18-6-10(17)12(8)20-11(7)4-9/h1-2,4H,3,5-6H2. The Labute approximate surface area is 116 Å². The Kier molecular flexibility index (Phi) is 3.25. The van der Waals surface area contributed by atoms with Crippen LogP contribution in [-0.4, -0.2) is 25.4 Å². The zero-order chi connectivity index (χ0) is 14.3. The summed E-state index contributed by atoms with van der Waals surface area (Å²) in [6, 6.07) is 4.19. The summed E-state index contributed by atoms with van der Waals surface area (Å²) >= 11 is 1.19. The first-order chi connectivity index (χ1) is 9.42. The van der Waals surface area contributed by atoms with Crippen molar-refractivity contribution in [2.75, 3.05) is 13.2 Å². The van der Waals surface area contributed by atoms with Gasteiger partial charge in [-0.2, -0.15) is 0 Å². The summed E-state index contributed by atoms with van der Waals surface area (Å²) in [4.78, 5) is 13.0. The molecular weight excluding hydrogens is 293 g/mol. The highest BCUT2D eigenvalue weighted by molar-refractivity contribution is 8.04. The van der Waals surface area contributed by atoms with Crippen molar-refractivity contribution < 1.29 is 27.4 Å². The fourth-order valence-corrected chi connectivity index (χ4v) is 3.28. The molecule has 0 bridgehead atoms. The van der Waals surface area contributed by atoms with E-state index >= 15 is 0 Å². The largest absolute Gasteiger partial charge is 0.573 e. The summed E-state index contributed by atoms with van der Waals surface area (Å²) in [5.41, 5.74) is 1.77. The molecule has 0 amide bonds. The Morgan fingerprint density at radius 2 is 2.05 bits per heavy atom. The number of hydrogen-bond donors (Lipinski definition) is 0.